The Labute approximate surface area is 202 Å². The number of guanidine groups is 1. The van der Waals surface area contributed by atoms with Gasteiger partial charge in [0.2, 0.25) is 6.79 Å². The summed E-state index contributed by atoms with van der Waals surface area (Å²) in [6.07, 6.45) is 2.91. The predicted octanol–water partition coefficient (Wildman–Crippen LogP) is 3.74. The lowest BCUT2D eigenvalue weighted by molar-refractivity contribution is 0.0162. The second-order valence-corrected chi connectivity index (χ2v) is 8.76. The monoisotopic (exact) mass is 546 g/mol. The van der Waals surface area contributed by atoms with Crippen molar-refractivity contribution in [2.75, 3.05) is 33.5 Å². The summed E-state index contributed by atoms with van der Waals surface area (Å²) in [5.74, 6) is 2.79. The van der Waals surface area contributed by atoms with E-state index in [9.17, 15) is 4.79 Å². The molecule has 1 atom stereocenters. The first-order chi connectivity index (χ1) is 14.3. The minimum Gasteiger partial charge on any atom is -0.454 e. The molecule has 0 saturated carbocycles. The molecule has 1 saturated heterocycles. The molecule has 0 aromatic heterocycles. The molecule has 2 N–H and O–H groups in total. The van der Waals surface area contributed by atoms with E-state index in [1.807, 2.05) is 43.9 Å². The van der Waals surface area contributed by atoms with Gasteiger partial charge in [-0.15, -0.1) is 24.0 Å². The second kappa shape index (κ2) is 11.6. The van der Waals surface area contributed by atoms with E-state index >= 15 is 0 Å². The quantitative estimate of drug-likeness (QED) is 0.333. The Morgan fingerprint density at radius 3 is 2.77 bits per heavy atom. The van der Waals surface area contributed by atoms with Crippen molar-refractivity contribution in [3.63, 3.8) is 0 Å². The largest absolute Gasteiger partial charge is 0.454 e. The van der Waals surface area contributed by atoms with Gasteiger partial charge in [-0.05, 0) is 63.6 Å². The molecule has 8 nitrogen and oxygen atoms in total. The van der Waals surface area contributed by atoms with E-state index < -0.39 is 5.60 Å². The molecule has 2 aliphatic heterocycles. The van der Waals surface area contributed by atoms with Crippen LogP contribution in [0.15, 0.2) is 23.2 Å². The summed E-state index contributed by atoms with van der Waals surface area (Å²) in [4.78, 5) is 18.5. The number of piperidine rings is 1. The van der Waals surface area contributed by atoms with E-state index in [2.05, 4.69) is 15.6 Å². The number of nitrogens with one attached hydrogen (secondary N) is 2. The number of hydrogen-bond donors (Lipinski definition) is 2. The first kappa shape index (κ1) is 25.4. The van der Waals surface area contributed by atoms with Gasteiger partial charge in [-0.3, -0.25) is 4.99 Å². The van der Waals surface area contributed by atoms with E-state index in [-0.39, 0.29) is 36.9 Å². The van der Waals surface area contributed by atoms with E-state index in [4.69, 9.17) is 14.2 Å². The van der Waals surface area contributed by atoms with Crippen LogP contribution < -0.4 is 20.1 Å². The number of amides is 1. The molecule has 3 rings (SSSR count). The lowest BCUT2D eigenvalue weighted by Crippen LogP contribution is -2.44. The SMILES string of the molecule is CN=C(NCCC1CCCN(C(=O)OC(C)(C)C)C1)NCc1ccc2c(c1)OCO2.I. The molecule has 1 amide bonds. The predicted molar refractivity (Wildman–Crippen MR) is 131 cm³/mol. The van der Waals surface area contributed by atoms with Crippen molar-refractivity contribution in [2.24, 2.45) is 10.9 Å². The standard InChI is InChI=1S/C22H34N4O4.HI/c1-22(2,3)30-21(27)26-11-5-6-16(14-26)9-10-24-20(23-4)25-13-17-7-8-18-19(12-17)29-15-28-18;/h7-8,12,16H,5-6,9-11,13-15H2,1-4H3,(H2,23,24,25);1H. The fraction of sp³-hybridized carbons (Fsp3) is 0.636. The highest BCUT2D eigenvalue weighted by Crippen LogP contribution is 2.32. The molecule has 1 aromatic carbocycles. The maximum atomic E-state index is 12.3. The molecule has 2 aliphatic rings. The number of likely N-dealkylation sites (tertiary alicyclic amines) is 1. The topological polar surface area (TPSA) is 84.4 Å². The van der Waals surface area contributed by atoms with Crippen molar-refractivity contribution >= 4 is 36.0 Å². The van der Waals surface area contributed by atoms with E-state index in [0.717, 1.165) is 61.9 Å². The molecule has 0 spiro atoms. The van der Waals surface area contributed by atoms with Crippen molar-refractivity contribution in [2.45, 2.75) is 52.2 Å². The van der Waals surface area contributed by atoms with Crippen LogP contribution in [0.3, 0.4) is 0 Å². The second-order valence-electron chi connectivity index (χ2n) is 8.76. The van der Waals surface area contributed by atoms with Crippen LogP contribution in [0.4, 0.5) is 4.79 Å². The van der Waals surface area contributed by atoms with Crippen LogP contribution in [0.5, 0.6) is 11.5 Å². The third kappa shape index (κ3) is 7.93. The van der Waals surface area contributed by atoms with E-state index in [1.54, 1.807) is 7.05 Å². The van der Waals surface area contributed by atoms with Gasteiger partial charge in [0.1, 0.15) is 5.60 Å². The maximum absolute atomic E-state index is 12.3. The van der Waals surface area contributed by atoms with E-state index in [1.165, 1.54) is 0 Å². The van der Waals surface area contributed by atoms with Gasteiger partial charge in [0, 0.05) is 33.2 Å². The summed E-state index contributed by atoms with van der Waals surface area (Å²) in [6.45, 7) is 8.95. The maximum Gasteiger partial charge on any atom is 0.410 e. The molecule has 2 heterocycles. The number of hydrogen-bond acceptors (Lipinski definition) is 5. The van der Waals surface area contributed by atoms with Crippen LogP contribution in [0.1, 0.15) is 45.6 Å². The third-order valence-corrected chi connectivity index (χ3v) is 5.14. The van der Waals surface area contributed by atoms with Gasteiger partial charge in [-0.2, -0.15) is 0 Å². The summed E-state index contributed by atoms with van der Waals surface area (Å²) in [5, 5.41) is 6.70. The molecule has 0 aliphatic carbocycles. The van der Waals surface area contributed by atoms with Gasteiger partial charge >= 0.3 is 6.09 Å². The summed E-state index contributed by atoms with van der Waals surface area (Å²) in [6, 6.07) is 5.92. The Balaban J connectivity index is 0.00000341. The van der Waals surface area contributed by atoms with Gasteiger partial charge in [-0.25, -0.2) is 4.79 Å². The van der Waals surface area contributed by atoms with Crippen molar-refractivity contribution < 1.29 is 19.0 Å². The van der Waals surface area contributed by atoms with Crippen LogP contribution >= 0.6 is 24.0 Å². The number of nitrogens with zero attached hydrogens (tertiary/aromatic N) is 2. The van der Waals surface area contributed by atoms with Crippen molar-refractivity contribution in [1.82, 2.24) is 15.5 Å². The van der Waals surface area contributed by atoms with Crippen molar-refractivity contribution in [3.8, 4) is 11.5 Å². The summed E-state index contributed by atoms with van der Waals surface area (Å²) in [5.41, 5.74) is 0.643. The molecule has 0 bridgehead atoms. The van der Waals surface area contributed by atoms with Crippen LogP contribution in [-0.2, 0) is 11.3 Å². The molecule has 31 heavy (non-hydrogen) atoms. The Morgan fingerprint density at radius 1 is 1.26 bits per heavy atom. The fourth-order valence-corrected chi connectivity index (χ4v) is 3.65. The van der Waals surface area contributed by atoms with E-state index in [0.29, 0.717) is 12.5 Å². The zero-order valence-corrected chi connectivity index (χ0v) is 21.2. The third-order valence-electron chi connectivity index (χ3n) is 5.14. The number of halogens is 1. The lowest BCUT2D eigenvalue weighted by atomic mass is 9.95. The first-order valence-corrected chi connectivity index (χ1v) is 10.6. The number of benzene rings is 1. The van der Waals surface area contributed by atoms with Gasteiger partial charge in [0.15, 0.2) is 17.5 Å². The molecule has 1 fully saturated rings. The average Bonchev–Trinajstić information content (AvgIpc) is 3.17. The highest BCUT2D eigenvalue weighted by Gasteiger charge is 2.27. The highest BCUT2D eigenvalue weighted by molar-refractivity contribution is 14.0. The molecular formula is C22H35IN4O4. The molecule has 9 heteroatoms. The summed E-state index contributed by atoms with van der Waals surface area (Å²) in [7, 11) is 1.76. The van der Waals surface area contributed by atoms with Gasteiger partial charge in [0.25, 0.3) is 0 Å². The normalized spacial score (nSPS) is 18.3. The fourth-order valence-electron chi connectivity index (χ4n) is 3.65. The molecular weight excluding hydrogens is 511 g/mol. The summed E-state index contributed by atoms with van der Waals surface area (Å²) < 4.78 is 16.3. The summed E-state index contributed by atoms with van der Waals surface area (Å²) >= 11 is 0. The van der Waals surface area contributed by atoms with Gasteiger partial charge in [-0.1, -0.05) is 6.07 Å². The number of rotatable bonds is 5. The number of ether oxygens (including phenoxy) is 3. The zero-order chi connectivity index (χ0) is 21.6. The minimum absolute atomic E-state index is 0. The first-order valence-electron chi connectivity index (χ1n) is 10.6. The van der Waals surface area contributed by atoms with Gasteiger partial charge < -0.3 is 29.7 Å². The van der Waals surface area contributed by atoms with Crippen LogP contribution in [0.2, 0.25) is 0 Å². The molecule has 0 radical (unpaired) electrons. The number of carbonyl (C=O) groups excluding carboxylic acids is 1. The minimum atomic E-state index is -0.457. The Morgan fingerprint density at radius 2 is 2.03 bits per heavy atom. The molecule has 1 unspecified atom stereocenters. The van der Waals surface area contributed by atoms with Crippen LogP contribution in [0, 0.1) is 5.92 Å². The van der Waals surface area contributed by atoms with Crippen LogP contribution in [-0.4, -0.2) is 56.0 Å². The number of carbonyl (C=O) groups is 1. The molecule has 174 valence electrons. The smallest absolute Gasteiger partial charge is 0.410 e. The van der Waals surface area contributed by atoms with Crippen molar-refractivity contribution in [1.29, 1.82) is 0 Å². The van der Waals surface area contributed by atoms with Crippen molar-refractivity contribution in [3.05, 3.63) is 23.8 Å². The van der Waals surface area contributed by atoms with Crippen LogP contribution in [0.25, 0.3) is 0 Å². The Bertz CT molecular complexity index is 766. The number of fused-ring (bicyclic) bond motifs is 1. The Kier molecular flexibility index (Phi) is 9.52. The Hall–Kier alpha value is -1.91. The lowest BCUT2D eigenvalue weighted by Gasteiger charge is -2.34. The number of aliphatic imine (C=N–C) groups is 1. The van der Waals surface area contributed by atoms with Gasteiger partial charge in [0.05, 0.1) is 0 Å². The highest BCUT2D eigenvalue weighted by atomic mass is 127. The average molecular weight is 546 g/mol. The molecule has 1 aromatic rings. The zero-order valence-electron chi connectivity index (χ0n) is 18.9.